The number of amides is 1. The molecule has 6 heteroatoms. The van der Waals surface area contributed by atoms with Gasteiger partial charge in [0.05, 0.1) is 11.5 Å². The van der Waals surface area contributed by atoms with Gasteiger partial charge in [0.1, 0.15) is 5.75 Å². The Labute approximate surface area is 133 Å². The summed E-state index contributed by atoms with van der Waals surface area (Å²) >= 11 is 0. The number of ether oxygens (including phenoxy) is 1. The maximum atomic E-state index is 11.8. The predicted molar refractivity (Wildman–Crippen MR) is 86.8 cm³/mol. The van der Waals surface area contributed by atoms with Crippen molar-refractivity contribution in [1.29, 1.82) is 0 Å². The van der Waals surface area contributed by atoms with Crippen LogP contribution in [0.3, 0.4) is 0 Å². The van der Waals surface area contributed by atoms with Gasteiger partial charge < -0.3 is 9.64 Å². The third-order valence-electron chi connectivity index (χ3n) is 3.15. The molecule has 0 radical (unpaired) electrons. The van der Waals surface area contributed by atoms with Gasteiger partial charge in [0, 0.05) is 26.3 Å². The van der Waals surface area contributed by atoms with Crippen LogP contribution in [0.15, 0.2) is 29.2 Å². The molecular weight excluding hydrogens is 302 g/mol. The highest BCUT2D eigenvalue weighted by atomic mass is 32.2. The topological polar surface area (TPSA) is 63.7 Å². The fourth-order valence-electron chi connectivity index (χ4n) is 1.92. The fourth-order valence-corrected chi connectivity index (χ4v) is 2.57. The van der Waals surface area contributed by atoms with Gasteiger partial charge in [0.15, 0.2) is 9.84 Å². The van der Waals surface area contributed by atoms with Crippen LogP contribution in [0.1, 0.15) is 26.7 Å². The average Bonchev–Trinajstić information content (AvgIpc) is 2.42. The summed E-state index contributed by atoms with van der Waals surface area (Å²) in [4.78, 5) is 13.7. The van der Waals surface area contributed by atoms with Gasteiger partial charge in [-0.2, -0.15) is 0 Å². The van der Waals surface area contributed by atoms with E-state index in [1.54, 1.807) is 30.1 Å². The number of carbonyl (C=O) groups is 1. The molecule has 0 saturated carbocycles. The molecule has 5 nitrogen and oxygen atoms in total. The molecule has 1 aromatic carbocycles. The lowest BCUT2D eigenvalue weighted by atomic mass is 10.1. The van der Waals surface area contributed by atoms with Gasteiger partial charge in [-0.1, -0.05) is 19.9 Å². The van der Waals surface area contributed by atoms with Crippen LogP contribution >= 0.6 is 0 Å². The zero-order valence-electron chi connectivity index (χ0n) is 13.7. The Balaban J connectivity index is 2.41. The number of sulfone groups is 1. The Morgan fingerprint density at radius 3 is 2.59 bits per heavy atom. The normalized spacial score (nSPS) is 11.5. The van der Waals surface area contributed by atoms with Crippen molar-refractivity contribution in [3.63, 3.8) is 0 Å². The van der Waals surface area contributed by atoms with Crippen LogP contribution in [0.25, 0.3) is 0 Å². The van der Waals surface area contributed by atoms with Crippen LogP contribution in [0.5, 0.6) is 5.75 Å². The minimum Gasteiger partial charge on any atom is -0.493 e. The highest BCUT2D eigenvalue weighted by Crippen LogP contribution is 2.17. The molecule has 124 valence electrons. The minimum atomic E-state index is -3.23. The second kappa shape index (κ2) is 8.17. The summed E-state index contributed by atoms with van der Waals surface area (Å²) in [7, 11) is -1.44. The van der Waals surface area contributed by atoms with E-state index in [1.807, 2.05) is 13.8 Å². The summed E-state index contributed by atoms with van der Waals surface area (Å²) < 4.78 is 28.5. The number of hydrogen-bond acceptors (Lipinski definition) is 4. The summed E-state index contributed by atoms with van der Waals surface area (Å²) in [6, 6.07) is 6.44. The molecule has 0 N–H and O–H groups in total. The van der Waals surface area contributed by atoms with E-state index in [1.165, 1.54) is 12.3 Å². The van der Waals surface area contributed by atoms with Crippen molar-refractivity contribution >= 4 is 15.7 Å². The van der Waals surface area contributed by atoms with Crippen molar-refractivity contribution in [3.8, 4) is 5.75 Å². The fraction of sp³-hybridized carbons (Fsp3) is 0.562. The first-order chi connectivity index (χ1) is 10.2. The van der Waals surface area contributed by atoms with Crippen LogP contribution < -0.4 is 4.74 Å². The van der Waals surface area contributed by atoms with E-state index in [0.29, 0.717) is 37.7 Å². The van der Waals surface area contributed by atoms with E-state index in [9.17, 15) is 13.2 Å². The van der Waals surface area contributed by atoms with Crippen LogP contribution in [-0.2, 0) is 14.6 Å². The van der Waals surface area contributed by atoms with Crippen LogP contribution in [0.4, 0.5) is 0 Å². The van der Waals surface area contributed by atoms with Gasteiger partial charge in [-0.25, -0.2) is 8.42 Å². The predicted octanol–water partition coefficient (Wildman–Crippen LogP) is 2.36. The van der Waals surface area contributed by atoms with Crippen LogP contribution in [-0.4, -0.2) is 45.7 Å². The van der Waals surface area contributed by atoms with Crippen LogP contribution in [0.2, 0.25) is 0 Å². The van der Waals surface area contributed by atoms with Crippen molar-refractivity contribution < 1.29 is 17.9 Å². The van der Waals surface area contributed by atoms with Crippen molar-refractivity contribution in [2.24, 2.45) is 5.92 Å². The van der Waals surface area contributed by atoms with Gasteiger partial charge in [-0.15, -0.1) is 0 Å². The van der Waals surface area contributed by atoms with E-state index in [0.717, 1.165) is 0 Å². The SMILES string of the molecule is CC(C)CC(=O)N(C)CCCOc1cccc(S(C)(=O)=O)c1. The molecule has 0 spiro atoms. The number of rotatable bonds is 8. The molecule has 1 rings (SSSR count). The molecule has 22 heavy (non-hydrogen) atoms. The monoisotopic (exact) mass is 327 g/mol. The summed E-state index contributed by atoms with van der Waals surface area (Å²) in [5, 5.41) is 0. The lowest BCUT2D eigenvalue weighted by Gasteiger charge is -2.18. The molecule has 0 aliphatic heterocycles. The van der Waals surface area contributed by atoms with Crippen molar-refractivity contribution in [2.45, 2.75) is 31.6 Å². The van der Waals surface area contributed by atoms with E-state index in [-0.39, 0.29) is 10.8 Å². The van der Waals surface area contributed by atoms with Crippen molar-refractivity contribution in [3.05, 3.63) is 24.3 Å². The zero-order valence-corrected chi connectivity index (χ0v) is 14.5. The lowest BCUT2D eigenvalue weighted by Crippen LogP contribution is -2.29. The number of nitrogens with zero attached hydrogens (tertiary/aromatic N) is 1. The summed E-state index contributed by atoms with van der Waals surface area (Å²) in [6.07, 6.45) is 2.42. The Morgan fingerprint density at radius 2 is 2.00 bits per heavy atom. The van der Waals surface area contributed by atoms with Crippen LogP contribution in [0, 0.1) is 5.92 Å². The highest BCUT2D eigenvalue weighted by Gasteiger charge is 2.10. The second-order valence-corrected chi connectivity index (χ2v) is 7.88. The van der Waals surface area contributed by atoms with E-state index < -0.39 is 9.84 Å². The van der Waals surface area contributed by atoms with Gasteiger partial charge in [0.25, 0.3) is 0 Å². The Bertz CT molecular complexity index is 596. The van der Waals surface area contributed by atoms with Gasteiger partial charge in [0.2, 0.25) is 5.91 Å². The van der Waals surface area contributed by atoms with Gasteiger partial charge >= 0.3 is 0 Å². The molecule has 0 aromatic heterocycles. The largest absolute Gasteiger partial charge is 0.493 e. The maximum absolute atomic E-state index is 11.8. The first-order valence-electron chi connectivity index (χ1n) is 7.37. The minimum absolute atomic E-state index is 0.133. The van der Waals surface area contributed by atoms with E-state index >= 15 is 0 Å². The summed E-state index contributed by atoms with van der Waals surface area (Å²) in [5.74, 6) is 1.01. The maximum Gasteiger partial charge on any atom is 0.222 e. The molecular formula is C16H25NO4S. The Morgan fingerprint density at radius 1 is 1.32 bits per heavy atom. The van der Waals surface area contributed by atoms with Crippen molar-refractivity contribution in [1.82, 2.24) is 4.90 Å². The average molecular weight is 327 g/mol. The highest BCUT2D eigenvalue weighted by molar-refractivity contribution is 7.90. The first-order valence-corrected chi connectivity index (χ1v) is 9.26. The molecule has 0 aliphatic rings. The van der Waals surface area contributed by atoms with Gasteiger partial charge in [-0.05, 0) is 30.5 Å². The second-order valence-electron chi connectivity index (χ2n) is 5.86. The molecule has 0 bridgehead atoms. The number of benzene rings is 1. The Kier molecular flexibility index (Phi) is 6.87. The van der Waals surface area contributed by atoms with Gasteiger partial charge in [-0.3, -0.25) is 4.79 Å². The standard InChI is InChI=1S/C16H25NO4S/c1-13(2)11-16(18)17(3)9-6-10-21-14-7-5-8-15(12-14)22(4,19)20/h5,7-8,12-13H,6,9-11H2,1-4H3. The quantitative estimate of drug-likeness (QED) is 0.688. The lowest BCUT2D eigenvalue weighted by molar-refractivity contribution is -0.130. The molecule has 1 aromatic rings. The zero-order chi connectivity index (χ0) is 16.8. The van der Waals surface area contributed by atoms with E-state index in [4.69, 9.17) is 4.74 Å². The molecule has 0 heterocycles. The molecule has 0 saturated heterocycles. The molecule has 0 atom stereocenters. The van der Waals surface area contributed by atoms with Crippen molar-refractivity contribution in [2.75, 3.05) is 26.5 Å². The molecule has 1 amide bonds. The third-order valence-corrected chi connectivity index (χ3v) is 4.26. The third kappa shape index (κ3) is 6.47. The molecule has 0 fully saturated rings. The Hall–Kier alpha value is -1.56. The molecule has 0 unspecified atom stereocenters. The van der Waals surface area contributed by atoms with E-state index in [2.05, 4.69) is 0 Å². The summed E-state index contributed by atoms with van der Waals surface area (Å²) in [6.45, 7) is 5.09. The summed E-state index contributed by atoms with van der Waals surface area (Å²) in [5.41, 5.74) is 0. The first kappa shape index (κ1) is 18.5. The smallest absolute Gasteiger partial charge is 0.222 e. The molecule has 0 aliphatic carbocycles. The number of carbonyl (C=O) groups excluding carboxylic acids is 1. The number of hydrogen-bond donors (Lipinski definition) is 0.